The third kappa shape index (κ3) is 4.63. The second-order valence-corrected chi connectivity index (χ2v) is 5.08. The lowest BCUT2D eigenvalue weighted by Crippen LogP contribution is -2.48. The highest BCUT2D eigenvalue weighted by Gasteiger charge is 2.26. The minimum Gasteiger partial charge on any atom is -0.379 e. The van der Waals surface area contributed by atoms with Gasteiger partial charge in [-0.1, -0.05) is 6.92 Å². The molecule has 4 heteroatoms. The molecule has 2 atom stereocenters. The number of hydrogen-bond donors (Lipinski definition) is 1. The van der Waals surface area contributed by atoms with Crippen molar-refractivity contribution in [3.05, 3.63) is 0 Å². The summed E-state index contributed by atoms with van der Waals surface area (Å²) in [7, 11) is 0. The largest absolute Gasteiger partial charge is 0.379 e. The van der Waals surface area contributed by atoms with Gasteiger partial charge in [-0.05, 0) is 33.2 Å². The summed E-state index contributed by atoms with van der Waals surface area (Å²) >= 11 is 0. The lowest BCUT2D eigenvalue weighted by atomic mass is 9.99. The minimum absolute atomic E-state index is 0.395. The summed E-state index contributed by atoms with van der Waals surface area (Å²) in [6.45, 7) is 10.8. The van der Waals surface area contributed by atoms with Crippen LogP contribution in [0, 0.1) is 11.3 Å². The summed E-state index contributed by atoms with van der Waals surface area (Å²) in [5.74, 6) is 0. The van der Waals surface area contributed by atoms with Gasteiger partial charge in [0.15, 0.2) is 0 Å². The molecule has 0 aliphatic carbocycles. The molecule has 1 heterocycles. The van der Waals surface area contributed by atoms with Crippen LogP contribution in [0.25, 0.3) is 0 Å². The Labute approximate surface area is 105 Å². The number of rotatable bonds is 6. The first-order valence-corrected chi connectivity index (χ1v) is 6.59. The Hall–Kier alpha value is -0.630. The van der Waals surface area contributed by atoms with Gasteiger partial charge in [-0.3, -0.25) is 10.2 Å². The number of morpholine rings is 1. The SMILES string of the molecule is CCCNC(C)(C#N)CCN1CCOCC1C. The number of nitriles is 1. The lowest BCUT2D eigenvalue weighted by molar-refractivity contribution is -0.00264. The highest BCUT2D eigenvalue weighted by atomic mass is 16.5. The standard InChI is InChI=1S/C13H25N3O/c1-4-6-15-13(3,11-14)5-7-16-8-9-17-10-12(16)2/h12,15H,4-10H2,1-3H3. The zero-order valence-electron chi connectivity index (χ0n) is 11.3. The Kier molecular flexibility index (Phi) is 5.90. The normalized spacial score (nSPS) is 25.2. The van der Waals surface area contributed by atoms with Crippen LogP contribution in [-0.2, 0) is 4.74 Å². The van der Waals surface area contributed by atoms with E-state index in [1.54, 1.807) is 0 Å². The van der Waals surface area contributed by atoms with Crippen molar-refractivity contribution in [2.24, 2.45) is 0 Å². The zero-order chi connectivity index (χ0) is 12.7. The van der Waals surface area contributed by atoms with Crippen molar-refractivity contribution in [2.75, 3.05) is 32.8 Å². The van der Waals surface area contributed by atoms with Crippen LogP contribution in [-0.4, -0.2) is 49.3 Å². The van der Waals surface area contributed by atoms with E-state index in [4.69, 9.17) is 4.74 Å². The van der Waals surface area contributed by atoms with E-state index in [-0.39, 0.29) is 0 Å². The van der Waals surface area contributed by atoms with Crippen LogP contribution in [0.15, 0.2) is 0 Å². The molecule has 0 bridgehead atoms. The van der Waals surface area contributed by atoms with Crippen LogP contribution in [0.2, 0.25) is 0 Å². The molecule has 0 amide bonds. The topological polar surface area (TPSA) is 48.3 Å². The molecule has 1 rings (SSSR count). The molecule has 0 aromatic carbocycles. The van der Waals surface area contributed by atoms with Crippen molar-refractivity contribution in [3.8, 4) is 6.07 Å². The van der Waals surface area contributed by atoms with Crippen molar-refractivity contribution < 1.29 is 4.74 Å². The Balaban J connectivity index is 2.38. The second kappa shape index (κ2) is 6.95. The van der Waals surface area contributed by atoms with Crippen molar-refractivity contribution >= 4 is 0 Å². The van der Waals surface area contributed by atoms with Gasteiger partial charge in [-0.2, -0.15) is 5.26 Å². The molecular weight excluding hydrogens is 214 g/mol. The molecule has 0 radical (unpaired) electrons. The summed E-state index contributed by atoms with van der Waals surface area (Å²) < 4.78 is 5.41. The van der Waals surface area contributed by atoms with Gasteiger partial charge in [-0.15, -0.1) is 0 Å². The van der Waals surface area contributed by atoms with Crippen molar-refractivity contribution in [1.82, 2.24) is 10.2 Å². The first-order valence-electron chi connectivity index (χ1n) is 6.59. The summed E-state index contributed by atoms with van der Waals surface area (Å²) in [5, 5.41) is 12.6. The molecule has 4 nitrogen and oxygen atoms in total. The first-order chi connectivity index (χ1) is 8.11. The Morgan fingerprint density at radius 2 is 2.35 bits per heavy atom. The van der Waals surface area contributed by atoms with Gasteiger partial charge in [0.2, 0.25) is 0 Å². The van der Waals surface area contributed by atoms with Crippen LogP contribution in [0.1, 0.15) is 33.6 Å². The number of nitrogens with zero attached hydrogens (tertiary/aromatic N) is 2. The summed E-state index contributed by atoms with van der Waals surface area (Å²) in [4.78, 5) is 2.41. The van der Waals surface area contributed by atoms with Crippen molar-refractivity contribution in [2.45, 2.75) is 45.2 Å². The maximum absolute atomic E-state index is 9.25. The lowest BCUT2D eigenvalue weighted by Gasteiger charge is -2.35. The monoisotopic (exact) mass is 239 g/mol. The average molecular weight is 239 g/mol. The highest BCUT2D eigenvalue weighted by Crippen LogP contribution is 2.13. The molecule has 1 aliphatic rings. The molecule has 1 N–H and O–H groups in total. The second-order valence-electron chi connectivity index (χ2n) is 5.08. The van der Waals surface area contributed by atoms with E-state index >= 15 is 0 Å². The van der Waals surface area contributed by atoms with E-state index in [0.717, 1.165) is 45.7 Å². The molecule has 0 spiro atoms. The Morgan fingerprint density at radius 3 is 2.94 bits per heavy atom. The van der Waals surface area contributed by atoms with Crippen LogP contribution < -0.4 is 5.32 Å². The first kappa shape index (κ1) is 14.4. The predicted molar refractivity (Wildman–Crippen MR) is 68.8 cm³/mol. The van der Waals surface area contributed by atoms with Gasteiger partial charge in [0.25, 0.3) is 0 Å². The van der Waals surface area contributed by atoms with E-state index in [0.29, 0.717) is 6.04 Å². The molecule has 1 saturated heterocycles. The predicted octanol–water partition coefficient (Wildman–Crippen LogP) is 1.38. The number of nitrogens with one attached hydrogen (secondary N) is 1. The van der Waals surface area contributed by atoms with Gasteiger partial charge in [0, 0.05) is 19.1 Å². The van der Waals surface area contributed by atoms with E-state index in [1.807, 2.05) is 6.92 Å². The fourth-order valence-electron chi connectivity index (χ4n) is 2.05. The van der Waals surface area contributed by atoms with Crippen molar-refractivity contribution in [1.29, 1.82) is 5.26 Å². The van der Waals surface area contributed by atoms with Crippen LogP contribution in [0.5, 0.6) is 0 Å². The molecule has 17 heavy (non-hydrogen) atoms. The molecule has 0 saturated carbocycles. The van der Waals surface area contributed by atoms with Crippen LogP contribution in [0.3, 0.4) is 0 Å². The van der Waals surface area contributed by atoms with E-state index in [2.05, 4.69) is 30.1 Å². The van der Waals surface area contributed by atoms with Gasteiger partial charge in [0.05, 0.1) is 19.3 Å². The van der Waals surface area contributed by atoms with Crippen molar-refractivity contribution in [3.63, 3.8) is 0 Å². The van der Waals surface area contributed by atoms with E-state index < -0.39 is 5.54 Å². The van der Waals surface area contributed by atoms with Gasteiger partial charge >= 0.3 is 0 Å². The molecule has 1 fully saturated rings. The third-order valence-corrected chi connectivity index (χ3v) is 3.42. The zero-order valence-corrected chi connectivity index (χ0v) is 11.3. The van der Waals surface area contributed by atoms with Crippen LogP contribution in [0.4, 0.5) is 0 Å². The Morgan fingerprint density at radius 1 is 1.59 bits per heavy atom. The molecule has 1 aliphatic heterocycles. The van der Waals surface area contributed by atoms with Gasteiger partial charge < -0.3 is 4.74 Å². The molecule has 2 unspecified atom stereocenters. The molecular formula is C13H25N3O. The third-order valence-electron chi connectivity index (χ3n) is 3.42. The maximum atomic E-state index is 9.25. The molecule has 0 aromatic rings. The summed E-state index contributed by atoms with van der Waals surface area (Å²) in [6.07, 6.45) is 1.93. The maximum Gasteiger partial charge on any atom is 0.105 e. The minimum atomic E-state index is -0.395. The van der Waals surface area contributed by atoms with E-state index in [1.165, 1.54) is 0 Å². The van der Waals surface area contributed by atoms with Crippen LogP contribution >= 0.6 is 0 Å². The fourth-order valence-corrected chi connectivity index (χ4v) is 2.05. The number of ether oxygens (including phenoxy) is 1. The fraction of sp³-hybridized carbons (Fsp3) is 0.923. The van der Waals surface area contributed by atoms with Gasteiger partial charge in [0.1, 0.15) is 5.54 Å². The molecule has 0 aromatic heterocycles. The highest BCUT2D eigenvalue weighted by molar-refractivity contribution is 5.04. The average Bonchev–Trinajstić information content (AvgIpc) is 2.35. The smallest absolute Gasteiger partial charge is 0.105 e. The molecule has 98 valence electrons. The van der Waals surface area contributed by atoms with Gasteiger partial charge in [-0.25, -0.2) is 0 Å². The quantitative estimate of drug-likeness (QED) is 0.761. The number of hydrogen-bond acceptors (Lipinski definition) is 4. The Bertz CT molecular complexity index is 264. The van der Waals surface area contributed by atoms with E-state index in [9.17, 15) is 5.26 Å². The summed E-state index contributed by atoms with van der Waals surface area (Å²) in [6, 6.07) is 2.87. The summed E-state index contributed by atoms with van der Waals surface area (Å²) in [5.41, 5.74) is -0.395.